The molecule has 96 valence electrons. The van der Waals surface area contributed by atoms with Crippen molar-refractivity contribution in [1.82, 2.24) is 0 Å². The molecule has 0 fully saturated rings. The molecule has 0 saturated carbocycles. The quantitative estimate of drug-likeness (QED) is 0.320. The Kier molecular flexibility index (Phi) is 6.43. The Balaban J connectivity index is 2.21. The molecule has 0 radical (unpaired) electrons. The Morgan fingerprint density at radius 2 is 1.94 bits per heavy atom. The highest BCUT2D eigenvalue weighted by Crippen LogP contribution is 2.00. The first-order valence-corrected chi connectivity index (χ1v) is 5.73. The van der Waals surface area contributed by atoms with E-state index >= 15 is 0 Å². The monoisotopic (exact) mass is 248 g/mol. The largest absolute Gasteiger partial charge is 0.460 e. The van der Waals surface area contributed by atoms with Crippen molar-refractivity contribution in [3.8, 4) is 0 Å². The number of carbonyl (C=O) groups is 2. The van der Waals surface area contributed by atoms with Gasteiger partial charge < -0.3 is 9.47 Å². The van der Waals surface area contributed by atoms with Crippen molar-refractivity contribution in [2.45, 2.75) is 13.5 Å². The van der Waals surface area contributed by atoms with E-state index in [4.69, 9.17) is 4.74 Å². The number of esters is 1. The minimum absolute atomic E-state index is 0.197. The molecule has 0 bridgehead atoms. The maximum Gasteiger partial charge on any atom is 0.378 e. The zero-order chi connectivity index (χ0) is 13.2. The van der Waals surface area contributed by atoms with Gasteiger partial charge in [0.25, 0.3) is 5.78 Å². The number of ketones is 1. The predicted molar refractivity (Wildman–Crippen MR) is 66.9 cm³/mol. The first kappa shape index (κ1) is 14.1. The van der Waals surface area contributed by atoms with Crippen LogP contribution in [0.25, 0.3) is 0 Å². The molecule has 18 heavy (non-hydrogen) atoms. The molecular weight excluding hydrogens is 232 g/mol. The van der Waals surface area contributed by atoms with Gasteiger partial charge in [-0.15, -0.1) is 0 Å². The van der Waals surface area contributed by atoms with E-state index in [1.807, 2.05) is 30.3 Å². The lowest BCUT2D eigenvalue weighted by Crippen LogP contribution is -2.14. The second-order valence-electron chi connectivity index (χ2n) is 3.49. The van der Waals surface area contributed by atoms with Crippen molar-refractivity contribution in [2.24, 2.45) is 0 Å². The summed E-state index contributed by atoms with van der Waals surface area (Å²) >= 11 is 0. The topological polar surface area (TPSA) is 52.6 Å². The Morgan fingerprint density at radius 3 is 2.61 bits per heavy atom. The van der Waals surface area contributed by atoms with E-state index in [-0.39, 0.29) is 13.2 Å². The molecule has 4 heteroatoms. The third-order valence-corrected chi connectivity index (χ3v) is 2.07. The maximum atomic E-state index is 11.1. The molecule has 0 aliphatic heterocycles. The minimum Gasteiger partial charge on any atom is -0.460 e. The first-order chi connectivity index (χ1) is 8.74. The number of hydrogen-bond donors (Lipinski definition) is 0. The number of carbonyl (C=O) groups excluding carboxylic acids is 2. The summed E-state index contributed by atoms with van der Waals surface area (Å²) in [5, 5.41) is 0. The van der Waals surface area contributed by atoms with Crippen LogP contribution in [0.4, 0.5) is 0 Å². The number of benzene rings is 1. The third kappa shape index (κ3) is 5.41. The van der Waals surface area contributed by atoms with E-state index in [1.165, 1.54) is 12.2 Å². The molecule has 0 saturated heterocycles. The Bertz CT molecular complexity index is 409. The summed E-state index contributed by atoms with van der Waals surface area (Å²) in [7, 11) is 0. The summed E-state index contributed by atoms with van der Waals surface area (Å²) in [5.74, 6) is -1.50. The number of ether oxygens (including phenoxy) is 2. The molecule has 0 heterocycles. The average Bonchev–Trinajstić information content (AvgIpc) is 2.39. The van der Waals surface area contributed by atoms with Gasteiger partial charge in [0.05, 0.1) is 19.8 Å². The van der Waals surface area contributed by atoms with Crippen molar-refractivity contribution >= 4 is 11.8 Å². The molecule has 0 unspecified atom stereocenters. The number of rotatable bonds is 7. The third-order valence-electron chi connectivity index (χ3n) is 2.07. The Labute approximate surface area is 106 Å². The maximum absolute atomic E-state index is 11.1. The highest BCUT2D eigenvalue weighted by Gasteiger charge is 2.09. The summed E-state index contributed by atoms with van der Waals surface area (Å²) in [6.45, 7) is 2.60. The van der Waals surface area contributed by atoms with Gasteiger partial charge in [-0.2, -0.15) is 0 Å². The lowest BCUT2D eigenvalue weighted by molar-refractivity contribution is -0.151. The van der Waals surface area contributed by atoms with Crippen LogP contribution in [-0.4, -0.2) is 25.0 Å². The molecule has 4 nitrogen and oxygen atoms in total. The zero-order valence-corrected chi connectivity index (χ0v) is 10.3. The van der Waals surface area contributed by atoms with E-state index in [1.54, 1.807) is 6.92 Å². The summed E-state index contributed by atoms with van der Waals surface area (Å²) in [6.07, 6.45) is 2.67. The molecule has 0 amide bonds. The molecule has 0 aromatic heterocycles. The standard InChI is InChI=1S/C14H16O4/c1-2-18-14(16)13(15)9-6-10-17-11-12-7-4-3-5-8-12/h3-9H,2,10-11H2,1H3/b9-6+. The van der Waals surface area contributed by atoms with Gasteiger partial charge >= 0.3 is 5.97 Å². The molecule has 1 aromatic rings. The molecule has 0 aliphatic carbocycles. The molecule has 1 rings (SSSR count). The molecule has 0 aliphatic rings. The molecule has 0 spiro atoms. The second kappa shape index (κ2) is 8.20. The molecular formula is C14H16O4. The Morgan fingerprint density at radius 1 is 1.22 bits per heavy atom. The summed E-state index contributed by atoms with van der Waals surface area (Å²) in [4.78, 5) is 22.1. The van der Waals surface area contributed by atoms with Crippen molar-refractivity contribution in [1.29, 1.82) is 0 Å². The fourth-order valence-electron chi connectivity index (χ4n) is 1.24. The van der Waals surface area contributed by atoms with Crippen LogP contribution in [-0.2, 0) is 25.7 Å². The molecule has 0 atom stereocenters. The van der Waals surface area contributed by atoms with E-state index in [2.05, 4.69) is 4.74 Å². The smallest absolute Gasteiger partial charge is 0.378 e. The van der Waals surface area contributed by atoms with Gasteiger partial charge in [0.1, 0.15) is 0 Å². The van der Waals surface area contributed by atoms with Crippen LogP contribution >= 0.6 is 0 Å². The van der Waals surface area contributed by atoms with E-state index in [0.717, 1.165) is 5.56 Å². The van der Waals surface area contributed by atoms with Gasteiger partial charge in [0.15, 0.2) is 0 Å². The highest BCUT2D eigenvalue weighted by molar-refractivity contribution is 6.38. The van der Waals surface area contributed by atoms with E-state index < -0.39 is 11.8 Å². The lowest BCUT2D eigenvalue weighted by Gasteiger charge is -2.00. The van der Waals surface area contributed by atoms with Crippen molar-refractivity contribution in [2.75, 3.05) is 13.2 Å². The highest BCUT2D eigenvalue weighted by atomic mass is 16.5. The van der Waals surface area contributed by atoms with Gasteiger partial charge in [-0.05, 0) is 18.6 Å². The van der Waals surface area contributed by atoms with Crippen LogP contribution in [0.5, 0.6) is 0 Å². The first-order valence-electron chi connectivity index (χ1n) is 5.73. The van der Waals surface area contributed by atoms with Gasteiger partial charge in [0, 0.05) is 0 Å². The van der Waals surface area contributed by atoms with Gasteiger partial charge in [-0.3, -0.25) is 4.79 Å². The zero-order valence-electron chi connectivity index (χ0n) is 10.3. The summed E-state index contributed by atoms with van der Waals surface area (Å²) in [6, 6.07) is 9.69. The lowest BCUT2D eigenvalue weighted by atomic mass is 10.2. The number of hydrogen-bond acceptors (Lipinski definition) is 4. The Hall–Kier alpha value is -1.94. The average molecular weight is 248 g/mol. The predicted octanol–water partition coefficient (Wildman–Crippen LogP) is 1.89. The van der Waals surface area contributed by atoms with Crippen LogP contribution in [0.3, 0.4) is 0 Å². The van der Waals surface area contributed by atoms with Crippen LogP contribution in [0.2, 0.25) is 0 Å². The van der Waals surface area contributed by atoms with Crippen LogP contribution < -0.4 is 0 Å². The second-order valence-corrected chi connectivity index (χ2v) is 3.49. The normalized spacial score (nSPS) is 10.5. The minimum atomic E-state index is -0.836. The van der Waals surface area contributed by atoms with Crippen LogP contribution in [0.1, 0.15) is 12.5 Å². The fourth-order valence-corrected chi connectivity index (χ4v) is 1.24. The summed E-state index contributed by atoms with van der Waals surface area (Å²) < 4.78 is 9.87. The van der Waals surface area contributed by atoms with E-state index in [0.29, 0.717) is 6.61 Å². The van der Waals surface area contributed by atoms with Crippen molar-refractivity contribution in [3.05, 3.63) is 48.0 Å². The van der Waals surface area contributed by atoms with Crippen LogP contribution in [0.15, 0.2) is 42.5 Å². The van der Waals surface area contributed by atoms with Crippen LogP contribution in [0, 0.1) is 0 Å². The summed E-state index contributed by atoms with van der Waals surface area (Å²) in [5.41, 5.74) is 1.06. The fraction of sp³-hybridized carbons (Fsp3) is 0.286. The van der Waals surface area contributed by atoms with E-state index in [9.17, 15) is 9.59 Å². The van der Waals surface area contributed by atoms with Gasteiger partial charge in [-0.1, -0.05) is 36.4 Å². The molecule has 0 N–H and O–H groups in total. The van der Waals surface area contributed by atoms with Gasteiger partial charge in [0.2, 0.25) is 0 Å². The van der Waals surface area contributed by atoms with Crippen molar-refractivity contribution in [3.63, 3.8) is 0 Å². The SMILES string of the molecule is CCOC(=O)C(=O)/C=C/COCc1ccccc1. The van der Waals surface area contributed by atoms with Crippen molar-refractivity contribution < 1.29 is 19.1 Å². The van der Waals surface area contributed by atoms with Gasteiger partial charge in [-0.25, -0.2) is 4.79 Å². The molecule has 1 aromatic carbocycles.